The number of hydrogen-bond acceptors (Lipinski definition) is 6. The lowest BCUT2D eigenvalue weighted by Crippen LogP contribution is -2.34. The molecule has 0 bridgehead atoms. The molecule has 28 heavy (non-hydrogen) atoms. The van der Waals surface area contributed by atoms with E-state index in [9.17, 15) is 4.79 Å². The summed E-state index contributed by atoms with van der Waals surface area (Å²) in [6.07, 6.45) is 2.45. The van der Waals surface area contributed by atoms with Crippen LogP contribution >= 0.6 is 23.4 Å². The molecule has 0 aliphatic heterocycles. The number of carbonyl (C=O) groups is 1. The first-order chi connectivity index (χ1) is 13.5. The molecule has 0 N–H and O–H groups in total. The predicted octanol–water partition coefficient (Wildman–Crippen LogP) is 3.70. The highest BCUT2D eigenvalue weighted by atomic mass is 35.5. The van der Waals surface area contributed by atoms with E-state index in [1.54, 1.807) is 18.0 Å². The Labute approximate surface area is 173 Å². The summed E-state index contributed by atoms with van der Waals surface area (Å²) in [4.78, 5) is 14.1. The Bertz CT molecular complexity index is 877. The zero-order valence-electron chi connectivity index (χ0n) is 15.8. The van der Waals surface area contributed by atoms with Crippen LogP contribution in [0.15, 0.2) is 29.4 Å². The summed E-state index contributed by atoms with van der Waals surface area (Å²) in [5, 5.41) is 18.2. The Hall–Kier alpha value is -2.24. The van der Waals surface area contributed by atoms with Gasteiger partial charge in [-0.1, -0.05) is 35.5 Å². The molecule has 1 saturated carbocycles. The minimum absolute atomic E-state index is 0.0283. The molecule has 1 heterocycles. The van der Waals surface area contributed by atoms with Gasteiger partial charge in [0.05, 0.1) is 22.8 Å². The molecule has 1 aromatic carbocycles. The van der Waals surface area contributed by atoms with Gasteiger partial charge in [-0.25, -0.2) is 0 Å². The van der Waals surface area contributed by atoms with Crippen molar-refractivity contribution in [2.45, 2.75) is 49.2 Å². The number of carbonyl (C=O) groups excluding carboxylic acids is 1. The number of hydrogen-bond donors (Lipinski definition) is 0. The quantitative estimate of drug-likeness (QED) is 0.576. The third-order valence-corrected chi connectivity index (χ3v) is 5.76. The van der Waals surface area contributed by atoms with E-state index in [1.807, 2.05) is 25.1 Å². The molecule has 0 radical (unpaired) electrons. The third kappa shape index (κ3) is 4.97. The van der Waals surface area contributed by atoms with E-state index in [-0.39, 0.29) is 17.8 Å². The van der Waals surface area contributed by atoms with E-state index in [1.165, 1.54) is 11.8 Å². The maximum absolute atomic E-state index is 12.5. The van der Waals surface area contributed by atoms with Crippen LogP contribution in [-0.2, 0) is 11.4 Å². The van der Waals surface area contributed by atoms with Crippen molar-refractivity contribution in [3.8, 4) is 11.8 Å². The molecule has 0 spiro atoms. The van der Waals surface area contributed by atoms with Crippen molar-refractivity contribution in [1.82, 2.24) is 19.7 Å². The van der Waals surface area contributed by atoms with E-state index in [0.29, 0.717) is 29.8 Å². The topological polar surface area (TPSA) is 84.0 Å². The number of nitriles is 1. The lowest BCUT2D eigenvalue weighted by molar-refractivity contribution is -0.128. The molecule has 1 fully saturated rings. The Morgan fingerprint density at radius 2 is 2.21 bits per heavy atom. The molecular formula is C19H22ClN5O2S. The number of amides is 1. The highest BCUT2D eigenvalue weighted by molar-refractivity contribution is 8.00. The van der Waals surface area contributed by atoms with Gasteiger partial charge in [-0.15, -0.1) is 10.2 Å². The smallest absolute Gasteiger partial charge is 0.235 e. The fourth-order valence-electron chi connectivity index (χ4n) is 2.74. The first-order valence-corrected chi connectivity index (χ1v) is 10.4. The number of para-hydroxylation sites is 1. The molecule has 148 valence electrons. The molecule has 0 unspecified atom stereocenters. The van der Waals surface area contributed by atoms with Crippen molar-refractivity contribution < 1.29 is 9.53 Å². The van der Waals surface area contributed by atoms with Crippen LogP contribution in [-0.4, -0.2) is 44.4 Å². The van der Waals surface area contributed by atoms with Crippen LogP contribution in [0.4, 0.5) is 0 Å². The van der Waals surface area contributed by atoms with Gasteiger partial charge >= 0.3 is 0 Å². The second-order valence-corrected chi connectivity index (χ2v) is 8.36. The average molecular weight is 420 g/mol. The monoisotopic (exact) mass is 419 g/mol. The highest BCUT2D eigenvalue weighted by Crippen LogP contribution is 2.40. The summed E-state index contributed by atoms with van der Waals surface area (Å²) < 4.78 is 7.89. The summed E-state index contributed by atoms with van der Waals surface area (Å²) in [6.45, 7) is 2.53. The zero-order chi connectivity index (χ0) is 20.1. The molecule has 2 aromatic rings. The Morgan fingerprint density at radius 3 is 2.89 bits per heavy atom. The number of aromatic nitrogens is 3. The molecule has 1 amide bonds. The SMILES string of the molecule is C[C@@H](Sc1nnc(COc2ccccc2Cl)n1C1CC1)C(=O)N(C)CCC#N. The fourth-order valence-corrected chi connectivity index (χ4v) is 3.98. The fraction of sp³-hybridized carbons (Fsp3) is 0.474. The van der Waals surface area contributed by atoms with Crippen molar-refractivity contribution in [1.29, 1.82) is 5.26 Å². The maximum Gasteiger partial charge on any atom is 0.235 e. The molecule has 1 aromatic heterocycles. The van der Waals surface area contributed by atoms with Gasteiger partial charge < -0.3 is 9.64 Å². The van der Waals surface area contributed by atoms with Gasteiger partial charge in [-0.3, -0.25) is 9.36 Å². The van der Waals surface area contributed by atoms with Gasteiger partial charge in [0.1, 0.15) is 12.4 Å². The van der Waals surface area contributed by atoms with Crippen LogP contribution < -0.4 is 4.74 Å². The van der Waals surface area contributed by atoms with E-state index in [0.717, 1.165) is 23.8 Å². The van der Waals surface area contributed by atoms with Crippen LogP contribution in [0.2, 0.25) is 5.02 Å². The van der Waals surface area contributed by atoms with E-state index in [4.69, 9.17) is 21.6 Å². The van der Waals surface area contributed by atoms with Crippen molar-refractivity contribution in [3.05, 3.63) is 35.1 Å². The minimum atomic E-state index is -0.317. The maximum atomic E-state index is 12.5. The van der Waals surface area contributed by atoms with Crippen molar-refractivity contribution >= 4 is 29.3 Å². The summed E-state index contributed by atoms with van der Waals surface area (Å²) in [5.74, 6) is 1.30. The molecule has 7 nitrogen and oxygen atoms in total. The van der Waals surface area contributed by atoms with Crippen LogP contribution in [0, 0.1) is 11.3 Å². The molecule has 1 aliphatic carbocycles. The van der Waals surface area contributed by atoms with Crippen molar-refractivity contribution in [3.63, 3.8) is 0 Å². The Morgan fingerprint density at radius 1 is 1.46 bits per heavy atom. The number of nitrogens with zero attached hydrogens (tertiary/aromatic N) is 5. The summed E-state index contributed by atoms with van der Waals surface area (Å²) in [6, 6.07) is 9.71. The molecule has 0 saturated heterocycles. The molecule has 3 rings (SSSR count). The van der Waals surface area contributed by atoms with E-state index < -0.39 is 0 Å². The molecule has 1 aliphatic rings. The van der Waals surface area contributed by atoms with Crippen molar-refractivity contribution in [2.75, 3.05) is 13.6 Å². The minimum Gasteiger partial charge on any atom is -0.484 e. The van der Waals surface area contributed by atoms with E-state index >= 15 is 0 Å². The number of rotatable bonds is 9. The van der Waals surface area contributed by atoms with Crippen LogP contribution in [0.5, 0.6) is 5.75 Å². The number of benzene rings is 1. The summed E-state index contributed by atoms with van der Waals surface area (Å²) >= 11 is 7.53. The molecule has 1 atom stereocenters. The van der Waals surface area contributed by atoms with Crippen molar-refractivity contribution in [2.24, 2.45) is 0 Å². The summed E-state index contributed by atoms with van der Waals surface area (Å²) in [7, 11) is 1.71. The Balaban J connectivity index is 1.68. The van der Waals surface area contributed by atoms with Gasteiger partial charge in [0.2, 0.25) is 5.91 Å². The number of thioether (sulfide) groups is 1. The largest absolute Gasteiger partial charge is 0.484 e. The number of ether oxygens (including phenoxy) is 1. The standard InChI is InChI=1S/C19H22ClN5O2S/c1-13(18(26)24(2)11-5-10-21)28-19-23-22-17(25(19)14-8-9-14)12-27-16-7-4-3-6-15(16)20/h3-4,6-7,13-14H,5,8-9,11-12H2,1-2H3/t13-/m1/s1. The first-order valence-electron chi connectivity index (χ1n) is 9.11. The zero-order valence-corrected chi connectivity index (χ0v) is 17.4. The lowest BCUT2D eigenvalue weighted by Gasteiger charge is -2.20. The van der Waals surface area contributed by atoms with Gasteiger partial charge in [0, 0.05) is 19.6 Å². The molecular weight excluding hydrogens is 398 g/mol. The lowest BCUT2D eigenvalue weighted by atomic mass is 10.3. The van der Waals surface area contributed by atoms with Crippen LogP contribution in [0.25, 0.3) is 0 Å². The average Bonchev–Trinajstić information content (AvgIpc) is 3.46. The van der Waals surface area contributed by atoms with Crippen LogP contribution in [0.3, 0.4) is 0 Å². The van der Waals surface area contributed by atoms with Gasteiger partial charge in [-0.2, -0.15) is 5.26 Å². The summed E-state index contributed by atoms with van der Waals surface area (Å²) in [5.41, 5.74) is 0. The third-order valence-electron chi connectivity index (χ3n) is 4.41. The molecule has 9 heteroatoms. The van der Waals surface area contributed by atoms with Crippen LogP contribution in [0.1, 0.15) is 38.1 Å². The van der Waals surface area contributed by atoms with E-state index in [2.05, 4.69) is 20.8 Å². The highest BCUT2D eigenvalue weighted by Gasteiger charge is 2.31. The van der Waals surface area contributed by atoms with Gasteiger partial charge in [-0.05, 0) is 31.9 Å². The second kappa shape index (κ2) is 9.30. The predicted molar refractivity (Wildman–Crippen MR) is 107 cm³/mol. The normalized spacial score (nSPS) is 14.4. The Kier molecular flexibility index (Phi) is 6.81. The van der Waals surface area contributed by atoms with Gasteiger partial charge in [0.25, 0.3) is 0 Å². The second-order valence-electron chi connectivity index (χ2n) is 6.65. The van der Waals surface area contributed by atoms with Gasteiger partial charge in [0.15, 0.2) is 11.0 Å². The first kappa shape index (κ1) is 20.5. The number of halogens is 1.